The van der Waals surface area contributed by atoms with E-state index in [0.29, 0.717) is 0 Å². The minimum absolute atomic E-state index is 0.0747. The van der Waals surface area contributed by atoms with Gasteiger partial charge in [0.1, 0.15) is 5.75 Å². The molecule has 1 aromatic carbocycles. The van der Waals surface area contributed by atoms with E-state index in [0.717, 1.165) is 24.2 Å². The van der Waals surface area contributed by atoms with Crippen LogP contribution in [0, 0.1) is 18.8 Å². The van der Waals surface area contributed by atoms with Crippen LogP contribution in [0.4, 0.5) is 0 Å². The molecule has 1 aromatic rings. The second-order valence-corrected chi connectivity index (χ2v) is 3.93. The average Bonchev–Trinajstić information content (AvgIpc) is 2.35. The molecule has 1 unspecified atom stereocenters. The number of nitrogens with two attached hydrogens (primary N) is 1. The van der Waals surface area contributed by atoms with E-state index < -0.39 is 0 Å². The van der Waals surface area contributed by atoms with E-state index in [1.807, 2.05) is 19.1 Å². The molecule has 0 bridgehead atoms. The standard InChI is InChI=1S/C14H20N2O/c1-4-5-6-7-13(16-15)12-10-11(2)8-9-14(12)17-3/h8-10,13,16H,6-7,15H2,1-3H3. The van der Waals surface area contributed by atoms with Crippen LogP contribution in [0.15, 0.2) is 18.2 Å². The number of nitrogens with one attached hydrogen (secondary N) is 1. The molecule has 0 amide bonds. The van der Waals surface area contributed by atoms with Gasteiger partial charge in [-0.25, -0.2) is 0 Å². The van der Waals surface area contributed by atoms with Crippen LogP contribution in [0.2, 0.25) is 0 Å². The molecule has 0 radical (unpaired) electrons. The van der Waals surface area contributed by atoms with Crippen molar-refractivity contribution in [2.45, 2.75) is 32.7 Å². The predicted molar refractivity (Wildman–Crippen MR) is 70.5 cm³/mol. The Bertz CT molecular complexity index is 418. The molecule has 0 saturated heterocycles. The van der Waals surface area contributed by atoms with E-state index in [1.54, 1.807) is 7.11 Å². The number of hydrogen-bond acceptors (Lipinski definition) is 3. The van der Waals surface area contributed by atoms with Crippen LogP contribution in [0.1, 0.15) is 36.9 Å². The largest absolute Gasteiger partial charge is 0.496 e. The van der Waals surface area contributed by atoms with Gasteiger partial charge < -0.3 is 4.74 Å². The Labute approximate surface area is 103 Å². The van der Waals surface area contributed by atoms with Gasteiger partial charge in [-0.1, -0.05) is 17.7 Å². The van der Waals surface area contributed by atoms with Gasteiger partial charge in [-0.15, -0.1) is 11.8 Å². The fourth-order valence-corrected chi connectivity index (χ4v) is 1.80. The zero-order valence-electron chi connectivity index (χ0n) is 10.7. The maximum Gasteiger partial charge on any atom is 0.123 e. The van der Waals surface area contributed by atoms with E-state index in [4.69, 9.17) is 10.6 Å². The lowest BCUT2D eigenvalue weighted by Gasteiger charge is -2.18. The van der Waals surface area contributed by atoms with Crippen molar-refractivity contribution < 1.29 is 4.74 Å². The maximum atomic E-state index is 5.61. The van der Waals surface area contributed by atoms with Crippen molar-refractivity contribution in [1.29, 1.82) is 0 Å². The molecular weight excluding hydrogens is 212 g/mol. The van der Waals surface area contributed by atoms with Gasteiger partial charge in [0.2, 0.25) is 0 Å². The first kappa shape index (κ1) is 13.6. The average molecular weight is 232 g/mol. The molecule has 3 nitrogen and oxygen atoms in total. The summed E-state index contributed by atoms with van der Waals surface area (Å²) in [6.45, 7) is 3.90. The van der Waals surface area contributed by atoms with Crippen LogP contribution in [-0.2, 0) is 0 Å². The lowest BCUT2D eigenvalue weighted by molar-refractivity contribution is 0.396. The van der Waals surface area contributed by atoms with Crippen molar-refractivity contribution >= 4 is 0 Å². The predicted octanol–water partition coefficient (Wildman–Crippen LogP) is 2.31. The highest BCUT2D eigenvalue weighted by molar-refractivity contribution is 5.39. The molecule has 0 fully saturated rings. The van der Waals surface area contributed by atoms with Gasteiger partial charge >= 0.3 is 0 Å². The van der Waals surface area contributed by atoms with Crippen LogP contribution >= 0.6 is 0 Å². The summed E-state index contributed by atoms with van der Waals surface area (Å²) in [7, 11) is 1.67. The lowest BCUT2D eigenvalue weighted by atomic mass is 9.99. The summed E-state index contributed by atoms with van der Waals surface area (Å²) in [5.41, 5.74) is 5.12. The summed E-state index contributed by atoms with van der Waals surface area (Å²) in [6, 6.07) is 6.18. The summed E-state index contributed by atoms with van der Waals surface area (Å²) in [4.78, 5) is 0. The molecule has 0 aromatic heterocycles. The van der Waals surface area contributed by atoms with Gasteiger partial charge in [0.15, 0.2) is 0 Å². The first-order chi connectivity index (χ1) is 8.22. The van der Waals surface area contributed by atoms with Crippen LogP contribution < -0.4 is 16.0 Å². The Hall–Kier alpha value is -1.50. The third kappa shape index (κ3) is 3.77. The molecule has 0 aliphatic rings. The Morgan fingerprint density at radius 3 is 2.82 bits per heavy atom. The number of rotatable bonds is 5. The lowest BCUT2D eigenvalue weighted by Crippen LogP contribution is -2.28. The molecule has 3 N–H and O–H groups in total. The van der Waals surface area contributed by atoms with Crippen molar-refractivity contribution in [3.05, 3.63) is 29.3 Å². The van der Waals surface area contributed by atoms with Gasteiger partial charge in [-0.2, -0.15) is 0 Å². The molecule has 1 atom stereocenters. The van der Waals surface area contributed by atoms with Gasteiger partial charge in [0, 0.05) is 12.0 Å². The topological polar surface area (TPSA) is 47.3 Å². The van der Waals surface area contributed by atoms with E-state index in [1.165, 1.54) is 5.56 Å². The highest BCUT2D eigenvalue weighted by atomic mass is 16.5. The van der Waals surface area contributed by atoms with Crippen molar-refractivity contribution in [3.8, 4) is 17.6 Å². The summed E-state index contributed by atoms with van der Waals surface area (Å²) in [5, 5.41) is 0. The Morgan fingerprint density at radius 1 is 1.47 bits per heavy atom. The SMILES string of the molecule is CC#CCCC(NN)c1cc(C)ccc1OC. The third-order valence-electron chi connectivity index (χ3n) is 2.70. The van der Waals surface area contributed by atoms with Crippen molar-refractivity contribution in [2.24, 2.45) is 5.84 Å². The number of benzene rings is 1. The van der Waals surface area contributed by atoms with Crippen molar-refractivity contribution in [2.75, 3.05) is 7.11 Å². The summed E-state index contributed by atoms with van der Waals surface area (Å²) in [6.07, 6.45) is 1.69. The molecule has 0 saturated carbocycles. The van der Waals surface area contributed by atoms with Gasteiger partial charge in [0.25, 0.3) is 0 Å². The minimum Gasteiger partial charge on any atom is -0.496 e. The fourth-order valence-electron chi connectivity index (χ4n) is 1.80. The van der Waals surface area contributed by atoms with Crippen molar-refractivity contribution in [1.82, 2.24) is 5.43 Å². The van der Waals surface area contributed by atoms with Crippen LogP contribution in [0.5, 0.6) is 5.75 Å². The monoisotopic (exact) mass is 232 g/mol. The first-order valence-electron chi connectivity index (χ1n) is 5.73. The normalized spacial score (nSPS) is 11.5. The summed E-state index contributed by atoms with van der Waals surface area (Å²) >= 11 is 0. The number of hydrazine groups is 1. The number of hydrogen-bond donors (Lipinski definition) is 2. The molecule has 3 heteroatoms. The third-order valence-corrected chi connectivity index (χ3v) is 2.70. The Kier molecular flexibility index (Phi) is 5.55. The molecule has 0 aliphatic carbocycles. The summed E-state index contributed by atoms with van der Waals surface area (Å²) < 4.78 is 5.36. The molecule has 0 spiro atoms. The Balaban J connectivity index is 2.91. The molecule has 92 valence electrons. The highest BCUT2D eigenvalue weighted by Crippen LogP contribution is 2.28. The smallest absolute Gasteiger partial charge is 0.123 e. The van der Waals surface area contributed by atoms with E-state index in [-0.39, 0.29) is 6.04 Å². The molecule has 1 rings (SSSR count). The second kappa shape index (κ2) is 6.95. The second-order valence-electron chi connectivity index (χ2n) is 3.93. The van der Waals surface area contributed by atoms with Gasteiger partial charge in [-0.05, 0) is 26.3 Å². The van der Waals surface area contributed by atoms with Crippen molar-refractivity contribution in [3.63, 3.8) is 0 Å². The molecule has 0 aliphatic heterocycles. The van der Waals surface area contributed by atoms with E-state index in [2.05, 4.69) is 30.3 Å². The van der Waals surface area contributed by atoms with E-state index >= 15 is 0 Å². The molecule has 0 heterocycles. The minimum atomic E-state index is 0.0747. The Morgan fingerprint density at radius 2 is 2.24 bits per heavy atom. The maximum absolute atomic E-state index is 5.61. The van der Waals surface area contributed by atoms with Crippen LogP contribution in [0.3, 0.4) is 0 Å². The zero-order valence-corrected chi connectivity index (χ0v) is 10.7. The highest BCUT2D eigenvalue weighted by Gasteiger charge is 2.14. The van der Waals surface area contributed by atoms with Crippen LogP contribution in [-0.4, -0.2) is 7.11 Å². The van der Waals surface area contributed by atoms with Gasteiger partial charge in [-0.3, -0.25) is 11.3 Å². The summed E-state index contributed by atoms with van der Waals surface area (Å²) in [5.74, 6) is 12.4. The van der Waals surface area contributed by atoms with E-state index in [9.17, 15) is 0 Å². The van der Waals surface area contributed by atoms with Gasteiger partial charge in [0.05, 0.1) is 13.2 Å². The number of aryl methyl sites for hydroxylation is 1. The quantitative estimate of drug-likeness (QED) is 0.465. The number of methoxy groups -OCH3 is 1. The van der Waals surface area contributed by atoms with Crippen LogP contribution in [0.25, 0.3) is 0 Å². The molecule has 17 heavy (non-hydrogen) atoms. The molecular formula is C14H20N2O. The number of ether oxygens (including phenoxy) is 1. The first-order valence-corrected chi connectivity index (χ1v) is 5.73. The zero-order chi connectivity index (χ0) is 12.7. The fraction of sp³-hybridized carbons (Fsp3) is 0.429.